The van der Waals surface area contributed by atoms with Crippen LogP contribution in [0.4, 0.5) is 5.69 Å². The lowest BCUT2D eigenvalue weighted by Gasteiger charge is -1.99. The Bertz CT molecular complexity index is 319. The molecule has 0 bridgehead atoms. The smallest absolute Gasteiger partial charge is 0.269 e. The van der Waals surface area contributed by atoms with Gasteiger partial charge in [-0.3, -0.25) is 9.27 Å². The molecule has 0 atom stereocenters. The van der Waals surface area contributed by atoms with E-state index >= 15 is 0 Å². The van der Waals surface area contributed by atoms with Gasteiger partial charge >= 0.3 is 10.3 Å². The lowest BCUT2D eigenvalue weighted by molar-refractivity contribution is 0.490. The van der Waals surface area contributed by atoms with E-state index in [2.05, 4.69) is 6.07 Å². The average Bonchev–Trinajstić information content (AvgIpc) is 1.85. The Hall–Kier alpha value is -1.07. The molecular formula is C6H6NO3S. The maximum absolute atomic E-state index is 10.2. The molecule has 1 aromatic rings. The summed E-state index contributed by atoms with van der Waals surface area (Å²) >= 11 is 0. The highest BCUT2D eigenvalue weighted by Crippen LogP contribution is 2.05. The van der Waals surface area contributed by atoms with Gasteiger partial charge in [-0.1, -0.05) is 12.1 Å². The summed E-state index contributed by atoms with van der Waals surface area (Å²) in [6.07, 6.45) is 0. The van der Waals surface area contributed by atoms with Gasteiger partial charge in [-0.25, -0.2) is 0 Å². The zero-order valence-corrected chi connectivity index (χ0v) is 6.30. The zero-order valence-electron chi connectivity index (χ0n) is 5.48. The minimum Gasteiger partial charge on any atom is -0.269 e. The molecule has 11 heavy (non-hydrogen) atoms. The van der Waals surface area contributed by atoms with Crippen LogP contribution < -0.4 is 4.72 Å². The molecule has 0 saturated heterocycles. The Morgan fingerprint density at radius 1 is 1.55 bits per heavy atom. The zero-order chi connectivity index (χ0) is 8.32. The van der Waals surface area contributed by atoms with Crippen LogP contribution in [0.25, 0.3) is 0 Å². The van der Waals surface area contributed by atoms with Crippen molar-refractivity contribution in [1.82, 2.24) is 0 Å². The van der Waals surface area contributed by atoms with Gasteiger partial charge in [0.25, 0.3) is 0 Å². The lowest BCUT2D eigenvalue weighted by Crippen LogP contribution is -2.09. The third-order valence-corrected chi connectivity index (χ3v) is 1.45. The summed E-state index contributed by atoms with van der Waals surface area (Å²) in [5, 5.41) is 0. The number of hydrogen-bond acceptors (Lipinski definition) is 2. The fourth-order valence-electron chi connectivity index (χ4n) is 0.606. The Kier molecular flexibility index (Phi) is 2.11. The maximum Gasteiger partial charge on any atom is 0.357 e. The monoisotopic (exact) mass is 172 g/mol. The minimum atomic E-state index is -4.15. The molecule has 0 amide bonds. The van der Waals surface area contributed by atoms with E-state index in [4.69, 9.17) is 4.55 Å². The van der Waals surface area contributed by atoms with Crippen molar-refractivity contribution in [2.24, 2.45) is 0 Å². The van der Waals surface area contributed by atoms with Crippen molar-refractivity contribution in [3.63, 3.8) is 0 Å². The first-order valence-corrected chi connectivity index (χ1v) is 4.23. The molecule has 1 aromatic carbocycles. The fraction of sp³-hybridized carbons (Fsp3) is 0. The summed E-state index contributed by atoms with van der Waals surface area (Å²) in [6, 6.07) is 8.79. The molecule has 59 valence electrons. The average molecular weight is 172 g/mol. The summed E-state index contributed by atoms with van der Waals surface area (Å²) in [6.45, 7) is 0. The van der Waals surface area contributed by atoms with Crippen LogP contribution in [0.3, 0.4) is 0 Å². The molecule has 0 saturated carbocycles. The van der Waals surface area contributed by atoms with E-state index in [9.17, 15) is 8.42 Å². The van der Waals surface area contributed by atoms with Gasteiger partial charge in [0.1, 0.15) is 0 Å². The molecule has 0 aliphatic carbocycles. The molecule has 0 aromatic heterocycles. The highest BCUT2D eigenvalue weighted by Gasteiger charge is 2.01. The van der Waals surface area contributed by atoms with Crippen molar-refractivity contribution >= 4 is 16.0 Å². The summed E-state index contributed by atoms with van der Waals surface area (Å²) in [5.74, 6) is 0. The molecule has 4 nitrogen and oxygen atoms in total. The third kappa shape index (κ3) is 3.01. The number of anilines is 1. The SMILES string of the molecule is O=S(=O)(O)Nc1c[c]ccc1. The first kappa shape index (κ1) is 8.03. The van der Waals surface area contributed by atoms with Gasteiger partial charge in [-0.05, 0) is 18.2 Å². The first-order valence-electron chi connectivity index (χ1n) is 2.79. The van der Waals surface area contributed by atoms with Crippen molar-refractivity contribution in [3.8, 4) is 0 Å². The molecule has 0 fully saturated rings. The third-order valence-electron chi connectivity index (χ3n) is 0.954. The molecule has 0 aliphatic heterocycles. The predicted octanol–water partition coefficient (Wildman–Crippen LogP) is 0.701. The largest absolute Gasteiger partial charge is 0.357 e. The molecule has 1 rings (SSSR count). The van der Waals surface area contributed by atoms with Crippen LogP contribution >= 0.6 is 0 Å². The van der Waals surface area contributed by atoms with E-state index in [-0.39, 0.29) is 5.69 Å². The molecule has 0 aliphatic rings. The van der Waals surface area contributed by atoms with Crippen molar-refractivity contribution in [2.75, 3.05) is 4.72 Å². The number of rotatable bonds is 2. The fourth-order valence-corrected chi connectivity index (χ4v) is 1.03. The highest BCUT2D eigenvalue weighted by atomic mass is 32.2. The standard InChI is InChI=1S/C6H6NO3S/c8-11(9,10)7-6-4-2-1-3-5-6/h1-2,4-5,7H,(H,8,9,10). The Labute approximate surface area is 64.7 Å². The molecule has 5 heteroatoms. The van der Waals surface area contributed by atoms with E-state index in [0.29, 0.717) is 0 Å². The topological polar surface area (TPSA) is 66.4 Å². The summed E-state index contributed by atoms with van der Waals surface area (Å²) < 4.78 is 30.7. The van der Waals surface area contributed by atoms with Gasteiger partial charge in [0.15, 0.2) is 0 Å². The summed E-state index contributed by atoms with van der Waals surface area (Å²) in [7, 11) is -4.15. The van der Waals surface area contributed by atoms with E-state index in [1.807, 2.05) is 4.72 Å². The Morgan fingerprint density at radius 2 is 2.27 bits per heavy atom. The van der Waals surface area contributed by atoms with E-state index in [1.165, 1.54) is 12.1 Å². The van der Waals surface area contributed by atoms with Crippen molar-refractivity contribution in [3.05, 3.63) is 30.3 Å². The van der Waals surface area contributed by atoms with Crippen LogP contribution in [0, 0.1) is 6.07 Å². The number of benzene rings is 1. The Balaban J connectivity index is 2.82. The summed E-state index contributed by atoms with van der Waals surface area (Å²) in [4.78, 5) is 0. The van der Waals surface area contributed by atoms with Crippen molar-refractivity contribution < 1.29 is 13.0 Å². The Morgan fingerprint density at radius 3 is 2.73 bits per heavy atom. The first-order chi connectivity index (χ1) is 5.08. The van der Waals surface area contributed by atoms with Crippen LogP contribution in [0.2, 0.25) is 0 Å². The molecule has 0 heterocycles. The minimum absolute atomic E-state index is 0.287. The van der Waals surface area contributed by atoms with Gasteiger partial charge in [0.05, 0.1) is 5.69 Å². The molecule has 1 radical (unpaired) electrons. The lowest BCUT2D eigenvalue weighted by atomic mass is 10.3. The van der Waals surface area contributed by atoms with Gasteiger partial charge < -0.3 is 0 Å². The van der Waals surface area contributed by atoms with E-state index in [1.54, 1.807) is 12.1 Å². The molecule has 2 N–H and O–H groups in total. The van der Waals surface area contributed by atoms with Crippen LogP contribution in [0.5, 0.6) is 0 Å². The molecule has 0 unspecified atom stereocenters. The second-order valence-corrected chi connectivity index (χ2v) is 3.02. The van der Waals surface area contributed by atoms with Crippen LogP contribution in [-0.2, 0) is 10.3 Å². The van der Waals surface area contributed by atoms with E-state index in [0.717, 1.165) is 0 Å². The molecular weight excluding hydrogens is 166 g/mol. The van der Waals surface area contributed by atoms with Gasteiger partial charge in [-0.2, -0.15) is 8.42 Å². The molecule has 0 spiro atoms. The van der Waals surface area contributed by atoms with Crippen LogP contribution in [0.1, 0.15) is 0 Å². The van der Waals surface area contributed by atoms with Gasteiger partial charge in [-0.15, -0.1) is 0 Å². The summed E-state index contributed by atoms with van der Waals surface area (Å²) in [5.41, 5.74) is 0.287. The normalized spacial score (nSPS) is 11.0. The van der Waals surface area contributed by atoms with Crippen LogP contribution in [0.15, 0.2) is 24.3 Å². The highest BCUT2D eigenvalue weighted by molar-refractivity contribution is 7.87. The second kappa shape index (κ2) is 2.89. The van der Waals surface area contributed by atoms with E-state index < -0.39 is 10.3 Å². The van der Waals surface area contributed by atoms with Gasteiger partial charge in [0, 0.05) is 0 Å². The number of nitrogens with one attached hydrogen (secondary N) is 1. The van der Waals surface area contributed by atoms with Crippen LogP contribution in [-0.4, -0.2) is 13.0 Å². The quantitative estimate of drug-likeness (QED) is 0.645. The predicted molar refractivity (Wildman–Crippen MR) is 40.4 cm³/mol. The van der Waals surface area contributed by atoms with Crippen molar-refractivity contribution in [1.29, 1.82) is 0 Å². The second-order valence-electron chi connectivity index (χ2n) is 1.87. The number of hydrogen-bond donors (Lipinski definition) is 2. The van der Waals surface area contributed by atoms with Gasteiger partial charge in [0.2, 0.25) is 0 Å². The maximum atomic E-state index is 10.2. The van der Waals surface area contributed by atoms with Crippen molar-refractivity contribution in [2.45, 2.75) is 0 Å².